The highest BCUT2D eigenvalue weighted by molar-refractivity contribution is 6.31. The van der Waals surface area contributed by atoms with Gasteiger partial charge in [0.1, 0.15) is 12.4 Å². The van der Waals surface area contributed by atoms with Crippen LogP contribution in [0.25, 0.3) is 0 Å². The molecule has 1 atom stereocenters. The van der Waals surface area contributed by atoms with E-state index in [1.165, 1.54) is 5.56 Å². The van der Waals surface area contributed by atoms with Crippen LogP contribution in [0.2, 0.25) is 5.15 Å². The minimum absolute atomic E-state index is 0.0560. The number of anilines is 2. The number of hydrogen-bond acceptors (Lipinski definition) is 11. The van der Waals surface area contributed by atoms with Crippen LogP contribution in [0.3, 0.4) is 0 Å². The number of unbranched alkanes of at least 4 members (excludes halogenated alkanes) is 2. The second-order valence-electron chi connectivity index (χ2n) is 10.2. The van der Waals surface area contributed by atoms with Crippen molar-refractivity contribution in [3.8, 4) is 5.75 Å². The van der Waals surface area contributed by atoms with Gasteiger partial charge in [0.2, 0.25) is 5.91 Å². The molecule has 0 saturated heterocycles. The lowest BCUT2D eigenvalue weighted by atomic mass is 10.1. The molecule has 0 saturated carbocycles. The van der Waals surface area contributed by atoms with Crippen LogP contribution in [0, 0.1) is 10.8 Å². The van der Waals surface area contributed by atoms with Gasteiger partial charge in [0.15, 0.2) is 34.4 Å². The Hall–Kier alpha value is -4.41. The SMILES string of the molecule is N=C(N)NCCCC[C@H](N)C(=O)NCCCNCCOc1ccc(CCCCNC(=N)NC(=O)c2nc(Cl)c(N)nc2N)cc1. The third-order valence-electron chi connectivity index (χ3n) is 6.45. The topological polar surface area (TPSA) is 281 Å². The highest BCUT2D eigenvalue weighted by Crippen LogP contribution is 2.17. The second-order valence-corrected chi connectivity index (χ2v) is 10.5. The molecule has 2 aromatic rings. The number of carbonyl (C=O) groups is 2. The van der Waals surface area contributed by atoms with Gasteiger partial charge in [-0.3, -0.25) is 25.7 Å². The maximum atomic E-state index is 12.3. The molecule has 0 aliphatic heterocycles. The Morgan fingerprint density at radius 3 is 2.29 bits per heavy atom. The monoisotopic (exact) mass is 647 g/mol. The number of halogens is 1. The molecule has 2 rings (SSSR count). The van der Waals surface area contributed by atoms with E-state index < -0.39 is 11.9 Å². The lowest BCUT2D eigenvalue weighted by molar-refractivity contribution is -0.122. The van der Waals surface area contributed by atoms with E-state index >= 15 is 0 Å². The van der Waals surface area contributed by atoms with Gasteiger partial charge < -0.3 is 48.9 Å². The highest BCUT2D eigenvalue weighted by atomic mass is 35.5. The fraction of sp³-hybridized carbons (Fsp3) is 0.500. The molecule has 0 fully saturated rings. The lowest BCUT2D eigenvalue weighted by Gasteiger charge is -2.13. The van der Waals surface area contributed by atoms with E-state index in [0.29, 0.717) is 39.2 Å². The molecule has 1 aromatic heterocycles. The quantitative estimate of drug-likeness (QED) is 0.0515. The molecule has 0 aliphatic carbocycles. The Kier molecular flexibility index (Phi) is 16.8. The lowest BCUT2D eigenvalue weighted by Crippen LogP contribution is -2.41. The van der Waals surface area contributed by atoms with Crippen molar-refractivity contribution in [2.75, 3.05) is 50.8 Å². The third-order valence-corrected chi connectivity index (χ3v) is 6.73. The van der Waals surface area contributed by atoms with Gasteiger partial charge in [-0.1, -0.05) is 23.7 Å². The van der Waals surface area contributed by atoms with Crippen molar-refractivity contribution < 1.29 is 14.3 Å². The Bertz CT molecular complexity index is 1250. The Morgan fingerprint density at radius 1 is 0.867 bits per heavy atom. The van der Waals surface area contributed by atoms with E-state index in [1.54, 1.807) is 0 Å². The van der Waals surface area contributed by atoms with Crippen molar-refractivity contribution in [2.45, 2.75) is 51.0 Å². The number of nitrogen functional groups attached to an aromatic ring is 2. The van der Waals surface area contributed by atoms with Crippen LogP contribution in [-0.4, -0.2) is 79.1 Å². The van der Waals surface area contributed by atoms with Crippen molar-refractivity contribution in [1.82, 2.24) is 36.6 Å². The minimum atomic E-state index is -0.705. The van der Waals surface area contributed by atoms with E-state index in [1.807, 2.05) is 24.3 Å². The van der Waals surface area contributed by atoms with Gasteiger partial charge in [0.25, 0.3) is 5.91 Å². The largest absolute Gasteiger partial charge is 0.492 e. The summed E-state index contributed by atoms with van der Waals surface area (Å²) in [5.74, 6) is -0.547. The molecule has 2 amide bonds. The predicted octanol–water partition coefficient (Wildman–Crippen LogP) is 0.0268. The molecular weight excluding hydrogens is 602 g/mol. The minimum Gasteiger partial charge on any atom is -0.492 e. The highest BCUT2D eigenvalue weighted by Gasteiger charge is 2.17. The van der Waals surface area contributed by atoms with Gasteiger partial charge in [0, 0.05) is 26.2 Å². The molecule has 1 aromatic carbocycles. The van der Waals surface area contributed by atoms with Crippen LogP contribution in [0.15, 0.2) is 24.3 Å². The summed E-state index contributed by atoms with van der Waals surface area (Å²) >= 11 is 5.79. The first-order valence-electron chi connectivity index (χ1n) is 14.8. The number of rotatable bonds is 20. The average Bonchev–Trinajstić information content (AvgIpc) is 3.00. The summed E-state index contributed by atoms with van der Waals surface area (Å²) in [6, 6.07) is 7.40. The molecule has 16 nitrogen and oxygen atoms in total. The Labute approximate surface area is 268 Å². The van der Waals surface area contributed by atoms with Crippen LogP contribution in [0.4, 0.5) is 11.6 Å². The van der Waals surface area contributed by atoms with Crippen LogP contribution in [-0.2, 0) is 11.2 Å². The molecule has 0 spiro atoms. The number of ether oxygens (including phenoxy) is 1. The van der Waals surface area contributed by atoms with E-state index in [9.17, 15) is 9.59 Å². The smallest absolute Gasteiger partial charge is 0.280 e. The summed E-state index contributed by atoms with van der Waals surface area (Å²) in [7, 11) is 0. The number of carbonyl (C=O) groups excluding carboxylic acids is 2. The van der Waals surface area contributed by atoms with Crippen LogP contribution in [0.5, 0.6) is 5.75 Å². The summed E-state index contributed by atoms with van der Waals surface area (Å²) in [6.45, 7) is 3.60. The van der Waals surface area contributed by atoms with E-state index in [4.69, 9.17) is 50.1 Å². The first kappa shape index (κ1) is 36.8. The second kappa shape index (κ2) is 20.5. The first-order valence-corrected chi connectivity index (χ1v) is 15.2. The molecule has 1 heterocycles. The molecule has 248 valence electrons. The van der Waals surface area contributed by atoms with Crippen LogP contribution >= 0.6 is 11.6 Å². The molecular formula is C28H46ClN13O3. The van der Waals surface area contributed by atoms with E-state index in [2.05, 4.69) is 36.6 Å². The van der Waals surface area contributed by atoms with Gasteiger partial charge in [0.05, 0.1) is 6.04 Å². The molecule has 17 heteroatoms. The molecule has 15 N–H and O–H groups in total. The van der Waals surface area contributed by atoms with E-state index in [-0.39, 0.29) is 40.3 Å². The van der Waals surface area contributed by atoms with Crippen molar-refractivity contribution >= 4 is 47.0 Å². The number of hydrogen-bond donors (Lipinski definition) is 11. The van der Waals surface area contributed by atoms with Crippen molar-refractivity contribution in [2.24, 2.45) is 11.5 Å². The molecule has 0 radical (unpaired) electrons. The van der Waals surface area contributed by atoms with Crippen LogP contribution in [0.1, 0.15) is 54.6 Å². The summed E-state index contributed by atoms with van der Waals surface area (Å²) < 4.78 is 5.79. The number of aryl methyl sites for hydroxylation is 1. The number of nitrogens with two attached hydrogens (primary N) is 4. The predicted molar refractivity (Wildman–Crippen MR) is 176 cm³/mol. The fourth-order valence-corrected chi connectivity index (χ4v) is 4.14. The molecule has 45 heavy (non-hydrogen) atoms. The standard InChI is InChI=1S/C28H46ClN13O3/c29-22-24(32)41-23(31)21(40-22)26(44)42-28(35)39-14-3-1-6-18-8-10-19(11-9-18)45-17-16-36-12-5-15-37-25(43)20(30)7-2-4-13-38-27(33)34/h8-11,20,36H,1-7,12-17,30H2,(H,37,43)(H4,31,32,41)(H4,33,34,38)(H3,35,39,42,44)/t20-/m0/s1. The molecule has 0 bridgehead atoms. The van der Waals surface area contributed by atoms with E-state index in [0.717, 1.165) is 50.8 Å². The summed E-state index contributed by atoms with van der Waals surface area (Å²) in [5, 5.41) is 28.9. The Morgan fingerprint density at radius 2 is 1.56 bits per heavy atom. The number of nitrogens with zero attached hydrogens (tertiary/aromatic N) is 2. The van der Waals surface area contributed by atoms with Gasteiger partial charge in [-0.15, -0.1) is 0 Å². The van der Waals surface area contributed by atoms with Crippen molar-refractivity contribution in [1.29, 1.82) is 10.8 Å². The fourth-order valence-electron chi connectivity index (χ4n) is 4.01. The maximum Gasteiger partial charge on any atom is 0.280 e. The number of amides is 2. The molecule has 0 aliphatic rings. The summed E-state index contributed by atoms with van der Waals surface area (Å²) in [4.78, 5) is 31.9. The zero-order chi connectivity index (χ0) is 33.0. The number of guanidine groups is 2. The number of aromatic nitrogens is 2. The number of benzene rings is 1. The normalized spacial score (nSPS) is 11.3. The zero-order valence-electron chi connectivity index (χ0n) is 25.4. The van der Waals surface area contributed by atoms with Crippen LogP contribution < -0.4 is 54.3 Å². The Balaban J connectivity index is 1.48. The average molecular weight is 648 g/mol. The third kappa shape index (κ3) is 15.2. The zero-order valence-corrected chi connectivity index (χ0v) is 26.1. The van der Waals surface area contributed by atoms with Gasteiger partial charge in [-0.05, 0) is 69.2 Å². The first-order chi connectivity index (χ1) is 21.6. The van der Waals surface area contributed by atoms with Crippen molar-refractivity contribution in [3.05, 3.63) is 40.7 Å². The van der Waals surface area contributed by atoms with Gasteiger partial charge in [-0.2, -0.15) is 0 Å². The summed E-state index contributed by atoms with van der Waals surface area (Å²) in [6.07, 6.45) is 5.48. The van der Waals surface area contributed by atoms with Gasteiger partial charge >= 0.3 is 0 Å². The summed E-state index contributed by atoms with van der Waals surface area (Å²) in [5.41, 5.74) is 23.3. The maximum absolute atomic E-state index is 12.3. The number of nitrogens with one attached hydrogen (secondary N) is 7. The van der Waals surface area contributed by atoms with Gasteiger partial charge in [-0.25, -0.2) is 9.97 Å². The molecule has 0 unspecified atom stereocenters. The van der Waals surface area contributed by atoms with Crippen molar-refractivity contribution in [3.63, 3.8) is 0 Å².